The number of aromatic nitrogens is 4. The van der Waals surface area contributed by atoms with Crippen LogP contribution in [-0.2, 0) is 0 Å². The van der Waals surface area contributed by atoms with Crippen LogP contribution in [0.4, 0.5) is 0 Å². The van der Waals surface area contributed by atoms with Crippen LogP contribution in [-0.4, -0.2) is 26.7 Å². The summed E-state index contributed by atoms with van der Waals surface area (Å²) in [4.78, 5) is 4.25. The lowest BCUT2D eigenvalue weighted by Crippen LogP contribution is -2.00. The maximum Gasteiger partial charge on any atom is 0.221 e. The van der Waals surface area contributed by atoms with Gasteiger partial charge in [-0.1, -0.05) is 0 Å². The standard InChI is InChI=1S/C8H10N4O/c1-5-7-11-9-4-12(7)6(2)10-8(5)13-3/h4H,1-3H3. The molecule has 0 radical (unpaired) electrons. The lowest BCUT2D eigenvalue weighted by molar-refractivity contribution is 0.392. The highest BCUT2D eigenvalue weighted by molar-refractivity contribution is 5.50. The van der Waals surface area contributed by atoms with Crippen molar-refractivity contribution in [2.45, 2.75) is 13.8 Å². The van der Waals surface area contributed by atoms with Crippen molar-refractivity contribution in [2.24, 2.45) is 0 Å². The molecule has 0 aliphatic carbocycles. The van der Waals surface area contributed by atoms with Crippen LogP contribution in [0, 0.1) is 13.8 Å². The molecule has 2 aromatic rings. The van der Waals surface area contributed by atoms with E-state index in [2.05, 4.69) is 15.2 Å². The Labute approximate surface area is 75.4 Å². The van der Waals surface area contributed by atoms with Gasteiger partial charge in [0.2, 0.25) is 5.88 Å². The molecule has 0 saturated heterocycles. The summed E-state index contributed by atoms with van der Waals surface area (Å²) >= 11 is 0. The number of hydrogen-bond donors (Lipinski definition) is 0. The first-order valence-electron chi connectivity index (χ1n) is 3.95. The smallest absolute Gasteiger partial charge is 0.221 e. The monoisotopic (exact) mass is 178 g/mol. The van der Waals surface area contributed by atoms with Crippen LogP contribution in [0.5, 0.6) is 5.88 Å². The minimum atomic E-state index is 0.609. The van der Waals surface area contributed by atoms with Crippen LogP contribution in [0.1, 0.15) is 11.4 Å². The molecule has 0 aliphatic heterocycles. The molecule has 68 valence electrons. The van der Waals surface area contributed by atoms with Gasteiger partial charge in [-0.2, -0.15) is 4.98 Å². The summed E-state index contributed by atoms with van der Waals surface area (Å²) in [6.07, 6.45) is 1.64. The number of aryl methyl sites for hydroxylation is 2. The van der Waals surface area contributed by atoms with E-state index in [9.17, 15) is 0 Å². The van der Waals surface area contributed by atoms with Crippen LogP contribution < -0.4 is 4.74 Å². The lowest BCUT2D eigenvalue weighted by atomic mass is 10.3. The van der Waals surface area contributed by atoms with Gasteiger partial charge in [0.1, 0.15) is 12.2 Å². The Morgan fingerprint density at radius 3 is 2.85 bits per heavy atom. The van der Waals surface area contributed by atoms with Crippen molar-refractivity contribution in [3.63, 3.8) is 0 Å². The molecule has 5 nitrogen and oxygen atoms in total. The lowest BCUT2D eigenvalue weighted by Gasteiger charge is -2.05. The van der Waals surface area contributed by atoms with Crippen molar-refractivity contribution in [3.05, 3.63) is 17.7 Å². The van der Waals surface area contributed by atoms with Crippen LogP contribution >= 0.6 is 0 Å². The molecule has 5 heteroatoms. The molecule has 0 spiro atoms. The van der Waals surface area contributed by atoms with Crippen molar-refractivity contribution in [1.82, 2.24) is 19.6 Å². The Kier molecular flexibility index (Phi) is 1.65. The SMILES string of the molecule is COc1nc(C)n2cnnc2c1C. The molecule has 0 aliphatic rings. The van der Waals surface area contributed by atoms with E-state index in [1.54, 1.807) is 13.4 Å². The van der Waals surface area contributed by atoms with Crippen molar-refractivity contribution < 1.29 is 4.74 Å². The molecule has 2 aromatic heterocycles. The summed E-state index contributed by atoms with van der Waals surface area (Å²) in [7, 11) is 1.60. The van der Waals surface area contributed by atoms with Crippen LogP contribution in [0.3, 0.4) is 0 Å². The molecular formula is C8H10N4O. The van der Waals surface area contributed by atoms with Gasteiger partial charge in [0.15, 0.2) is 5.65 Å². The molecule has 2 rings (SSSR count). The molecule has 0 bridgehead atoms. The van der Waals surface area contributed by atoms with E-state index in [-0.39, 0.29) is 0 Å². The second kappa shape index (κ2) is 2.69. The van der Waals surface area contributed by atoms with Crippen LogP contribution in [0.15, 0.2) is 6.33 Å². The van der Waals surface area contributed by atoms with Crippen molar-refractivity contribution in [3.8, 4) is 5.88 Å². The highest BCUT2D eigenvalue weighted by atomic mass is 16.5. The zero-order valence-electron chi connectivity index (χ0n) is 7.77. The van der Waals surface area contributed by atoms with E-state index < -0.39 is 0 Å². The Hall–Kier alpha value is -1.65. The summed E-state index contributed by atoms with van der Waals surface area (Å²) in [5.74, 6) is 1.43. The second-order valence-corrected chi connectivity index (χ2v) is 2.82. The molecule has 2 heterocycles. The third-order valence-electron chi connectivity index (χ3n) is 2.01. The van der Waals surface area contributed by atoms with E-state index in [1.165, 1.54) is 0 Å². The number of nitrogens with zero attached hydrogens (tertiary/aromatic N) is 4. The predicted molar refractivity (Wildman–Crippen MR) is 46.8 cm³/mol. The number of ether oxygens (including phenoxy) is 1. The third kappa shape index (κ3) is 1.04. The number of fused-ring (bicyclic) bond motifs is 1. The molecule has 0 unspecified atom stereocenters. The summed E-state index contributed by atoms with van der Waals surface area (Å²) in [5, 5.41) is 7.80. The van der Waals surface area contributed by atoms with E-state index >= 15 is 0 Å². The normalized spacial score (nSPS) is 10.7. The summed E-state index contributed by atoms with van der Waals surface area (Å²) in [6, 6.07) is 0. The molecule has 0 amide bonds. The summed E-state index contributed by atoms with van der Waals surface area (Å²) in [5.41, 5.74) is 1.70. The van der Waals surface area contributed by atoms with Gasteiger partial charge in [0.05, 0.1) is 12.7 Å². The van der Waals surface area contributed by atoms with Gasteiger partial charge in [0.25, 0.3) is 0 Å². The van der Waals surface area contributed by atoms with Gasteiger partial charge in [-0.05, 0) is 13.8 Å². The first kappa shape index (κ1) is 7.97. The van der Waals surface area contributed by atoms with Crippen molar-refractivity contribution in [2.75, 3.05) is 7.11 Å². The summed E-state index contributed by atoms with van der Waals surface area (Å²) in [6.45, 7) is 3.80. The minimum absolute atomic E-state index is 0.609. The maximum absolute atomic E-state index is 5.11. The quantitative estimate of drug-likeness (QED) is 0.646. The fraction of sp³-hybridized carbons (Fsp3) is 0.375. The third-order valence-corrected chi connectivity index (χ3v) is 2.01. The Balaban J connectivity index is 2.85. The molecule has 0 aromatic carbocycles. The average Bonchev–Trinajstić information content (AvgIpc) is 2.60. The predicted octanol–water partition coefficient (Wildman–Crippen LogP) is 0.750. The Morgan fingerprint density at radius 1 is 1.38 bits per heavy atom. The molecular weight excluding hydrogens is 168 g/mol. The fourth-order valence-electron chi connectivity index (χ4n) is 1.31. The van der Waals surface area contributed by atoms with E-state index in [0.717, 1.165) is 17.0 Å². The largest absolute Gasteiger partial charge is 0.481 e. The molecule has 0 saturated carbocycles. The molecule has 0 atom stereocenters. The van der Waals surface area contributed by atoms with E-state index in [1.807, 2.05) is 18.2 Å². The minimum Gasteiger partial charge on any atom is -0.481 e. The topological polar surface area (TPSA) is 52.3 Å². The van der Waals surface area contributed by atoms with E-state index in [0.29, 0.717) is 5.88 Å². The van der Waals surface area contributed by atoms with Gasteiger partial charge >= 0.3 is 0 Å². The van der Waals surface area contributed by atoms with Gasteiger partial charge in [-0.3, -0.25) is 4.40 Å². The van der Waals surface area contributed by atoms with Crippen LogP contribution in [0.2, 0.25) is 0 Å². The first-order chi connectivity index (χ1) is 6.24. The highest BCUT2D eigenvalue weighted by Crippen LogP contribution is 2.18. The van der Waals surface area contributed by atoms with Gasteiger partial charge in [-0.15, -0.1) is 10.2 Å². The number of methoxy groups -OCH3 is 1. The second-order valence-electron chi connectivity index (χ2n) is 2.82. The van der Waals surface area contributed by atoms with E-state index in [4.69, 9.17) is 4.74 Å². The number of hydrogen-bond acceptors (Lipinski definition) is 4. The zero-order chi connectivity index (χ0) is 9.42. The average molecular weight is 178 g/mol. The zero-order valence-corrected chi connectivity index (χ0v) is 7.77. The van der Waals surface area contributed by atoms with Gasteiger partial charge in [0, 0.05) is 0 Å². The van der Waals surface area contributed by atoms with Crippen LogP contribution in [0.25, 0.3) is 5.65 Å². The number of rotatable bonds is 1. The van der Waals surface area contributed by atoms with Crippen molar-refractivity contribution >= 4 is 5.65 Å². The molecule has 0 fully saturated rings. The Bertz CT molecular complexity index is 449. The summed E-state index contributed by atoms with van der Waals surface area (Å²) < 4.78 is 6.94. The Morgan fingerprint density at radius 2 is 2.15 bits per heavy atom. The highest BCUT2D eigenvalue weighted by Gasteiger charge is 2.09. The van der Waals surface area contributed by atoms with Gasteiger partial charge in [-0.25, -0.2) is 0 Å². The molecule has 13 heavy (non-hydrogen) atoms. The van der Waals surface area contributed by atoms with Gasteiger partial charge < -0.3 is 4.74 Å². The first-order valence-corrected chi connectivity index (χ1v) is 3.95. The molecule has 0 N–H and O–H groups in total. The van der Waals surface area contributed by atoms with Crippen molar-refractivity contribution in [1.29, 1.82) is 0 Å². The maximum atomic E-state index is 5.11. The fourth-order valence-corrected chi connectivity index (χ4v) is 1.31.